The highest BCUT2D eigenvalue weighted by Crippen LogP contribution is 2.31. The van der Waals surface area contributed by atoms with Gasteiger partial charge in [-0.3, -0.25) is 9.59 Å². The first-order chi connectivity index (χ1) is 11.2. The Morgan fingerprint density at radius 3 is 2.48 bits per heavy atom. The van der Waals surface area contributed by atoms with E-state index in [1.54, 1.807) is 24.3 Å². The van der Waals surface area contributed by atoms with Crippen molar-refractivity contribution >= 4 is 17.6 Å². The molecule has 8 heteroatoms. The third-order valence-electron chi connectivity index (χ3n) is 3.98. The summed E-state index contributed by atoms with van der Waals surface area (Å²) < 4.78 is 6.13. The maximum absolute atomic E-state index is 12.6. The minimum absolute atomic E-state index is 0.0646. The number of ether oxygens (including phenoxy) is 1. The summed E-state index contributed by atoms with van der Waals surface area (Å²) in [4.78, 5) is 38.8. The van der Waals surface area contributed by atoms with Crippen molar-refractivity contribution in [3.05, 3.63) is 35.5 Å². The van der Waals surface area contributed by atoms with Crippen molar-refractivity contribution in [2.45, 2.75) is 0 Å². The average molecular weight is 312 g/mol. The Balaban J connectivity index is 1.82. The highest BCUT2D eigenvalue weighted by atomic mass is 16.5. The highest BCUT2D eigenvalue weighted by Gasteiger charge is 2.37. The summed E-state index contributed by atoms with van der Waals surface area (Å²) >= 11 is 0. The Morgan fingerprint density at radius 1 is 1.04 bits per heavy atom. The molecule has 0 radical (unpaired) electrons. The van der Waals surface area contributed by atoms with E-state index in [0.717, 1.165) is 4.68 Å². The van der Waals surface area contributed by atoms with Gasteiger partial charge < -0.3 is 9.64 Å². The fourth-order valence-corrected chi connectivity index (χ4v) is 2.81. The quantitative estimate of drug-likeness (QED) is 0.662. The van der Waals surface area contributed by atoms with Crippen molar-refractivity contribution in [3.63, 3.8) is 0 Å². The van der Waals surface area contributed by atoms with Crippen molar-refractivity contribution in [1.29, 1.82) is 0 Å². The van der Waals surface area contributed by atoms with Crippen LogP contribution in [0.4, 0.5) is 4.79 Å². The molecule has 1 aromatic heterocycles. The molecule has 0 atom stereocenters. The Bertz CT molecular complexity index is 836. The van der Waals surface area contributed by atoms with E-state index in [4.69, 9.17) is 4.74 Å². The second-order valence-corrected chi connectivity index (χ2v) is 5.28. The van der Waals surface area contributed by atoms with Gasteiger partial charge in [0.15, 0.2) is 5.69 Å². The summed E-state index contributed by atoms with van der Waals surface area (Å²) in [6.07, 6.45) is 0. The Kier molecular flexibility index (Phi) is 3.05. The van der Waals surface area contributed by atoms with Crippen LogP contribution >= 0.6 is 0 Å². The van der Waals surface area contributed by atoms with Crippen LogP contribution in [0.3, 0.4) is 0 Å². The molecular formula is C15H12N4O4. The van der Waals surface area contributed by atoms with Crippen LogP contribution < -0.4 is 0 Å². The van der Waals surface area contributed by atoms with E-state index in [1.807, 2.05) is 0 Å². The third kappa shape index (κ3) is 1.99. The number of fused-ring (bicyclic) bond motifs is 3. The van der Waals surface area contributed by atoms with Gasteiger partial charge in [0, 0.05) is 24.2 Å². The number of hydrogen-bond acceptors (Lipinski definition) is 6. The number of nitrogens with zero attached hydrogens (tertiary/aromatic N) is 4. The van der Waals surface area contributed by atoms with Crippen LogP contribution in [0.5, 0.6) is 0 Å². The van der Waals surface area contributed by atoms with Gasteiger partial charge in [-0.25, -0.2) is 4.79 Å². The molecule has 0 spiro atoms. The molecule has 0 saturated carbocycles. The number of carbonyl (C=O) groups is 3. The van der Waals surface area contributed by atoms with Gasteiger partial charge in [-0.2, -0.15) is 4.68 Å². The number of rotatable bonds is 0. The summed E-state index contributed by atoms with van der Waals surface area (Å²) in [5, 5.41) is 7.78. The number of aromatic nitrogens is 3. The van der Waals surface area contributed by atoms with Gasteiger partial charge in [0.1, 0.15) is 5.69 Å². The van der Waals surface area contributed by atoms with Gasteiger partial charge in [0.05, 0.1) is 13.2 Å². The molecule has 2 aromatic rings. The van der Waals surface area contributed by atoms with E-state index in [1.165, 1.54) is 4.90 Å². The topological polar surface area (TPSA) is 94.4 Å². The lowest BCUT2D eigenvalue weighted by atomic mass is 9.90. The van der Waals surface area contributed by atoms with Crippen LogP contribution in [0.1, 0.15) is 20.8 Å². The van der Waals surface area contributed by atoms with E-state index in [0.29, 0.717) is 31.9 Å². The summed E-state index contributed by atoms with van der Waals surface area (Å²) in [6, 6.07) is 6.22. The fraction of sp³-hybridized carbons (Fsp3) is 0.267. The number of ketones is 2. The number of carbonyl (C=O) groups excluding carboxylic acids is 3. The number of Topliss-reactive ketones (excluding diaryl/α,β-unsaturated/α-hetero) is 2. The first-order valence-electron chi connectivity index (χ1n) is 7.19. The van der Waals surface area contributed by atoms with Crippen molar-refractivity contribution in [2.75, 3.05) is 26.3 Å². The Morgan fingerprint density at radius 2 is 1.74 bits per heavy atom. The molecule has 1 aromatic carbocycles. The maximum atomic E-state index is 12.6. The molecule has 1 fully saturated rings. The van der Waals surface area contributed by atoms with Gasteiger partial charge in [0.2, 0.25) is 5.78 Å². The number of benzene rings is 1. The SMILES string of the molecule is O=C1C(=O)c2c(nnn2C(=O)N2CCOCC2)-c2ccccc21. The van der Waals surface area contributed by atoms with Crippen molar-refractivity contribution in [1.82, 2.24) is 19.9 Å². The van der Waals surface area contributed by atoms with Gasteiger partial charge in [0.25, 0.3) is 5.78 Å². The molecule has 23 heavy (non-hydrogen) atoms. The lowest BCUT2D eigenvalue weighted by molar-refractivity contribution is 0.0525. The van der Waals surface area contributed by atoms with Crippen LogP contribution in [-0.2, 0) is 4.74 Å². The van der Waals surface area contributed by atoms with E-state index >= 15 is 0 Å². The van der Waals surface area contributed by atoms with Crippen LogP contribution in [-0.4, -0.2) is 63.8 Å². The first kappa shape index (κ1) is 13.8. The predicted molar refractivity (Wildman–Crippen MR) is 77.3 cm³/mol. The zero-order valence-electron chi connectivity index (χ0n) is 12.1. The molecule has 8 nitrogen and oxygen atoms in total. The van der Waals surface area contributed by atoms with Crippen molar-refractivity contribution in [3.8, 4) is 11.3 Å². The summed E-state index contributed by atoms with van der Waals surface area (Å²) in [5.41, 5.74) is 1.01. The second kappa shape index (κ2) is 5.10. The van der Waals surface area contributed by atoms with E-state index in [-0.39, 0.29) is 17.0 Å². The molecule has 2 aliphatic rings. The molecule has 0 unspecified atom stereocenters. The molecule has 1 aliphatic carbocycles. The lowest BCUT2D eigenvalue weighted by Crippen LogP contribution is -2.44. The molecule has 1 aliphatic heterocycles. The minimum atomic E-state index is -0.759. The van der Waals surface area contributed by atoms with Crippen LogP contribution in [0, 0.1) is 0 Å². The van der Waals surface area contributed by atoms with Crippen molar-refractivity contribution < 1.29 is 19.1 Å². The summed E-state index contributed by atoms with van der Waals surface area (Å²) in [6.45, 7) is 1.68. The maximum Gasteiger partial charge on any atom is 0.346 e. The first-order valence-corrected chi connectivity index (χ1v) is 7.19. The minimum Gasteiger partial charge on any atom is -0.378 e. The third-order valence-corrected chi connectivity index (χ3v) is 3.98. The molecule has 0 bridgehead atoms. The second-order valence-electron chi connectivity index (χ2n) is 5.28. The van der Waals surface area contributed by atoms with Gasteiger partial charge in [-0.15, -0.1) is 5.10 Å². The molecule has 1 saturated heterocycles. The average Bonchev–Trinajstić information content (AvgIpc) is 3.05. The monoisotopic (exact) mass is 312 g/mol. The predicted octanol–water partition coefficient (Wildman–Crippen LogP) is 0.624. The van der Waals surface area contributed by atoms with Gasteiger partial charge >= 0.3 is 6.03 Å². The smallest absolute Gasteiger partial charge is 0.346 e. The van der Waals surface area contributed by atoms with Crippen LogP contribution in [0.25, 0.3) is 11.3 Å². The standard InChI is InChI=1S/C15H12N4O4/c20-13-10-4-2-1-3-9(10)11-12(14(13)21)19(17-16-11)15(22)18-5-7-23-8-6-18/h1-4H,5-8H2. The zero-order chi connectivity index (χ0) is 16.0. The normalized spacial score (nSPS) is 17.0. The number of amides is 1. The largest absolute Gasteiger partial charge is 0.378 e. The van der Waals surface area contributed by atoms with Gasteiger partial charge in [-0.05, 0) is 0 Å². The van der Waals surface area contributed by atoms with Crippen molar-refractivity contribution in [2.24, 2.45) is 0 Å². The van der Waals surface area contributed by atoms with Crippen LogP contribution in [0.15, 0.2) is 24.3 Å². The number of hydrogen-bond donors (Lipinski definition) is 0. The highest BCUT2D eigenvalue weighted by molar-refractivity contribution is 6.52. The molecule has 116 valence electrons. The Hall–Kier alpha value is -2.87. The summed E-state index contributed by atoms with van der Waals surface area (Å²) in [5.74, 6) is -1.41. The molecule has 2 heterocycles. The zero-order valence-corrected chi connectivity index (χ0v) is 12.1. The summed E-state index contributed by atoms with van der Waals surface area (Å²) in [7, 11) is 0. The molecule has 1 amide bonds. The Labute approximate surface area is 130 Å². The molecular weight excluding hydrogens is 300 g/mol. The van der Waals surface area contributed by atoms with E-state index < -0.39 is 17.6 Å². The van der Waals surface area contributed by atoms with Crippen LogP contribution in [0.2, 0.25) is 0 Å². The molecule has 0 N–H and O–H groups in total. The molecule has 4 rings (SSSR count). The van der Waals surface area contributed by atoms with E-state index in [9.17, 15) is 14.4 Å². The van der Waals surface area contributed by atoms with E-state index in [2.05, 4.69) is 10.3 Å². The lowest BCUT2D eigenvalue weighted by Gasteiger charge is -2.26. The number of morpholine rings is 1. The fourth-order valence-electron chi connectivity index (χ4n) is 2.81. The van der Waals surface area contributed by atoms with Gasteiger partial charge in [-0.1, -0.05) is 29.5 Å².